The first-order chi connectivity index (χ1) is 9.15. The lowest BCUT2D eigenvalue weighted by Gasteiger charge is -2.31. The van der Waals surface area contributed by atoms with Gasteiger partial charge in [0.1, 0.15) is 6.17 Å². The van der Waals surface area contributed by atoms with Crippen LogP contribution in [0.4, 0.5) is 4.39 Å². The molecule has 2 aliphatic rings. The summed E-state index contributed by atoms with van der Waals surface area (Å²) in [6, 6.07) is 0. The first kappa shape index (κ1) is 16.8. The SMILES string of the molecule is OCC(F)CC1COC2(CCCCC2)O1.OCCO. The summed E-state index contributed by atoms with van der Waals surface area (Å²) in [5.74, 6) is -0.419. The molecule has 2 rings (SSSR count). The van der Waals surface area contributed by atoms with Gasteiger partial charge in [0.2, 0.25) is 0 Å². The third kappa shape index (κ3) is 5.71. The van der Waals surface area contributed by atoms with Crippen molar-refractivity contribution < 1.29 is 29.2 Å². The van der Waals surface area contributed by atoms with Gasteiger partial charge in [-0.25, -0.2) is 4.39 Å². The van der Waals surface area contributed by atoms with Crippen LogP contribution in [0.25, 0.3) is 0 Å². The Morgan fingerprint density at radius 3 is 2.26 bits per heavy atom. The van der Waals surface area contributed by atoms with E-state index in [1.807, 2.05) is 0 Å². The Morgan fingerprint density at radius 2 is 1.74 bits per heavy atom. The summed E-state index contributed by atoms with van der Waals surface area (Å²) in [5, 5.41) is 23.9. The van der Waals surface area contributed by atoms with Gasteiger partial charge in [-0.2, -0.15) is 0 Å². The first-order valence-corrected chi connectivity index (χ1v) is 6.94. The van der Waals surface area contributed by atoms with Crippen LogP contribution >= 0.6 is 0 Å². The first-order valence-electron chi connectivity index (χ1n) is 6.94. The summed E-state index contributed by atoms with van der Waals surface area (Å²) < 4.78 is 24.4. The topological polar surface area (TPSA) is 79.2 Å². The van der Waals surface area contributed by atoms with Gasteiger partial charge in [0.05, 0.1) is 32.5 Å². The van der Waals surface area contributed by atoms with Crippen molar-refractivity contribution in [1.29, 1.82) is 0 Å². The van der Waals surface area contributed by atoms with Crippen LogP contribution in [0.2, 0.25) is 0 Å². The van der Waals surface area contributed by atoms with Crippen LogP contribution in [0, 0.1) is 0 Å². The molecule has 114 valence electrons. The molecule has 2 unspecified atom stereocenters. The van der Waals surface area contributed by atoms with E-state index in [0.29, 0.717) is 6.61 Å². The number of hydrogen-bond acceptors (Lipinski definition) is 5. The van der Waals surface area contributed by atoms with Crippen LogP contribution in [0.15, 0.2) is 0 Å². The average molecular weight is 280 g/mol. The highest BCUT2D eigenvalue weighted by Gasteiger charge is 2.42. The predicted molar refractivity (Wildman–Crippen MR) is 67.4 cm³/mol. The lowest BCUT2D eigenvalue weighted by atomic mass is 9.94. The smallest absolute Gasteiger partial charge is 0.168 e. The Labute approximate surface area is 113 Å². The summed E-state index contributed by atoms with van der Waals surface area (Å²) in [5.41, 5.74) is 0. The van der Waals surface area contributed by atoms with Gasteiger partial charge in [-0.05, 0) is 12.8 Å². The summed E-state index contributed by atoms with van der Waals surface area (Å²) in [6.45, 7) is -0.201. The minimum atomic E-state index is -1.18. The molecule has 1 spiro atoms. The van der Waals surface area contributed by atoms with Gasteiger partial charge in [-0.15, -0.1) is 0 Å². The van der Waals surface area contributed by atoms with Crippen molar-refractivity contribution in [2.75, 3.05) is 26.4 Å². The second-order valence-electron chi connectivity index (χ2n) is 4.98. The zero-order valence-electron chi connectivity index (χ0n) is 11.3. The molecule has 19 heavy (non-hydrogen) atoms. The minimum absolute atomic E-state index is 0.125. The number of aliphatic hydroxyl groups excluding tert-OH is 3. The van der Waals surface area contributed by atoms with E-state index >= 15 is 0 Å². The maximum absolute atomic E-state index is 13.0. The Morgan fingerprint density at radius 1 is 1.11 bits per heavy atom. The number of ether oxygens (including phenoxy) is 2. The summed E-state index contributed by atoms with van der Waals surface area (Å²) in [7, 11) is 0. The number of hydrogen-bond donors (Lipinski definition) is 3. The van der Waals surface area contributed by atoms with Crippen LogP contribution in [-0.2, 0) is 9.47 Å². The van der Waals surface area contributed by atoms with Crippen molar-refractivity contribution in [3.63, 3.8) is 0 Å². The molecule has 1 saturated carbocycles. The van der Waals surface area contributed by atoms with E-state index < -0.39 is 18.6 Å². The summed E-state index contributed by atoms with van der Waals surface area (Å²) >= 11 is 0. The van der Waals surface area contributed by atoms with Gasteiger partial charge in [-0.3, -0.25) is 0 Å². The molecule has 0 radical (unpaired) electrons. The normalized spacial score (nSPS) is 26.8. The van der Waals surface area contributed by atoms with Gasteiger partial charge in [0.15, 0.2) is 5.79 Å². The molecule has 0 bridgehead atoms. The van der Waals surface area contributed by atoms with E-state index in [2.05, 4.69) is 0 Å². The Kier molecular flexibility index (Phi) is 7.78. The molecule has 1 aliphatic heterocycles. The van der Waals surface area contributed by atoms with Crippen LogP contribution in [0.1, 0.15) is 38.5 Å². The van der Waals surface area contributed by atoms with Gasteiger partial charge < -0.3 is 24.8 Å². The summed E-state index contributed by atoms with van der Waals surface area (Å²) in [6.07, 6.45) is 4.25. The number of aliphatic hydroxyl groups is 3. The van der Waals surface area contributed by atoms with E-state index in [1.165, 1.54) is 6.42 Å². The monoisotopic (exact) mass is 280 g/mol. The fraction of sp³-hybridized carbons (Fsp3) is 1.00. The molecule has 0 aromatic heterocycles. The fourth-order valence-corrected chi connectivity index (χ4v) is 2.45. The van der Waals surface area contributed by atoms with Crippen molar-refractivity contribution in [3.8, 4) is 0 Å². The quantitative estimate of drug-likeness (QED) is 0.708. The standard InChI is InChI=1S/C11H19FO3.C2H6O2/c12-9(7-13)6-10-8-14-11(15-10)4-2-1-3-5-11;3-1-2-4/h9-10,13H,1-8H2;3-4H,1-2H2. The Bertz CT molecular complexity index is 231. The molecule has 1 heterocycles. The molecule has 2 fully saturated rings. The molecule has 2 atom stereocenters. The number of alkyl halides is 1. The maximum Gasteiger partial charge on any atom is 0.168 e. The van der Waals surface area contributed by atoms with Crippen molar-refractivity contribution in [2.45, 2.75) is 56.6 Å². The van der Waals surface area contributed by atoms with Crippen molar-refractivity contribution in [2.24, 2.45) is 0 Å². The highest BCUT2D eigenvalue weighted by atomic mass is 19.1. The predicted octanol–water partition coefficient (Wildman–Crippen LogP) is 0.754. The molecule has 6 heteroatoms. The minimum Gasteiger partial charge on any atom is -0.394 e. The highest BCUT2D eigenvalue weighted by molar-refractivity contribution is 4.83. The van der Waals surface area contributed by atoms with Gasteiger partial charge in [-0.1, -0.05) is 6.42 Å². The third-order valence-corrected chi connectivity index (χ3v) is 3.35. The van der Waals surface area contributed by atoms with E-state index in [9.17, 15) is 4.39 Å². The van der Waals surface area contributed by atoms with Crippen molar-refractivity contribution in [3.05, 3.63) is 0 Å². The molecule has 3 N–H and O–H groups in total. The molecular formula is C13H25FO5. The highest BCUT2D eigenvalue weighted by Crippen LogP contribution is 2.38. The molecule has 1 aliphatic carbocycles. The lowest BCUT2D eigenvalue weighted by molar-refractivity contribution is -0.188. The van der Waals surface area contributed by atoms with Crippen LogP contribution in [0.3, 0.4) is 0 Å². The van der Waals surface area contributed by atoms with Crippen LogP contribution in [0.5, 0.6) is 0 Å². The maximum atomic E-state index is 13.0. The molecule has 0 aromatic rings. The lowest BCUT2D eigenvalue weighted by Crippen LogP contribution is -2.33. The Balaban J connectivity index is 0.000000399. The van der Waals surface area contributed by atoms with E-state index in [4.69, 9.17) is 24.8 Å². The molecule has 1 saturated heterocycles. The molecular weight excluding hydrogens is 255 g/mol. The third-order valence-electron chi connectivity index (χ3n) is 3.35. The Hall–Kier alpha value is -0.270. The molecule has 5 nitrogen and oxygen atoms in total. The van der Waals surface area contributed by atoms with Gasteiger partial charge >= 0.3 is 0 Å². The average Bonchev–Trinajstić information content (AvgIpc) is 2.82. The fourth-order valence-electron chi connectivity index (χ4n) is 2.45. The zero-order valence-corrected chi connectivity index (χ0v) is 11.3. The number of halogens is 1. The second kappa shape index (κ2) is 8.81. The van der Waals surface area contributed by atoms with Crippen LogP contribution in [-0.4, -0.2) is 59.8 Å². The van der Waals surface area contributed by atoms with Crippen molar-refractivity contribution >= 4 is 0 Å². The van der Waals surface area contributed by atoms with E-state index in [-0.39, 0.29) is 25.7 Å². The second-order valence-corrected chi connectivity index (χ2v) is 4.98. The zero-order chi connectivity index (χ0) is 14.1. The van der Waals surface area contributed by atoms with Crippen molar-refractivity contribution in [1.82, 2.24) is 0 Å². The molecule has 0 aromatic carbocycles. The van der Waals surface area contributed by atoms with Gasteiger partial charge in [0.25, 0.3) is 0 Å². The summed E-state index contributed by atoms with van der Waals surface area (Å²) in [4.78, 5) is 0. The number of rotatable bonds is 4. The van der Waals surface area contributed by atoms with E-state index in [1.54, 1.807) is 0 Å². The largest absolute Gasteiger partial charge is 0.394 e. The van der Waals surface area contributed by atoms with E-state index in [0.717, 1.165) is 25.7 Å². The van der Waals surface area contributed by atoms with Crippen LogP contribution < -0.4 is 0 Å². The molecule has 0 amide bonds. The van der Waals surface area contributed by atoms with Gasteiger partial charge in [0, 0.05) is 19.3 Å².